The molecule has 3 atom stereocenters. The van der Waals surface area contributed by atoms with Crippen LogP contribution in [0.3, 0.4) is 0 Å². The summed E-state index contributed by atoms with van der Waals surface area (Å²) in [5, 5.41) is 21.9. The summed E-state index contributed by atoms with van der Waals surface area (Å²) in [4.78, 5) is 27.8. The standard InChI is InChI=1S/C22H26F4N8O3/c1-13(22(24,25)26)37-17-7-8-28-16(9-17)10-20(35)29-19-6-5-15(30-32-19)4-3-14(23)11-34-12-18(31-33-34)21(36)27-2/h5-9,13-14,18H,3-4,10-12H2,1-2H3,(H,27,36)(H,29,32,35). The summed E-state index contributed by atoms with van der Waals surface area (Å²) in [6.45, 7) is 1.09. The summed E-state index contributed by atoms with van der Waals surface area (Å²) < 4.78 is 57.2. The molecule has 0 radical (unpaired) electrons. The van der Waals surface area contributed by atoms with Crippen LogP contribution in [0.2, 0.25) is 0 Å². The SMILES string of the molecule is CNC(=O)C1CN(CC(F)CCc2ccc(NC(=O)Cc3cc(OC(C)C(F)(F)F)ccn3)nn2)N=N1. The number of aryl methyl sites for hydroxylation is 1. The van der Waals surface area contributed by atoms with Crippen molar-refractivity contribution in [3.05, 3.63) is 41.9 Å². The first kappa shape index (κ1) is 27.7. The van der Waals surface area contributed by atoms with E-state index in [1.54, 1.807) is 6.07 Å². The number of hydrogen-bond acceptors (Lipinski definition) is 9. The van der Waals surface area contributed by atoms with E-state index in [1.165, 1.54) is 36.5 Å². The van der Waals surface area contributed by atoms with Gasteiger partial charge in [0, 0.05) is 19.3 Å². The van der Waals surface area contributed by atoms with E-state index in [1.807, 2.05) is 0 Å². The zero-order valence-corrected chi connectivity index (χ0v) is 20.1. The van der Waals surface area contributed by atoms with E-state index in [0.717, 1.165) is 6.92 Å². The van der Waals surface area contributed by atoms with E-state index < -0.39 is 30.4 Å². The van der Waals surface area contributed by atoms with Crippen molar-refractivity contribution in [2.75, 3.05) is 25.5 Å². The Morgan fingerprint density at radius 1 is 1.22 bits per heavy atom. The molecule has 15 heteroatoms. The van der Waals surface area contributed by atoms with Crippen LogP contribution in [0.15, 0.2) is 40.8 Å². The maximum atomic E-state index is 14.3. The Hall–Kier alpha value is -3.91. The lowest BCUT2D eigenvalue weighted by atomic mass is 10.1. The number of nitrogens with zero attached hydrogens (tertiary/aromatic N) is 6. The van der Waals surface area contributed by atoms with E-state index in [-0.39, 0.29) is 49.1 Å². The van der Waals surface area contributed by atoms with E-state index in [2.05, 4.69) is 36.2 Å². The third-order valence-corrected chi connectivity index (χ3v) is 5.26. The van der Waals surface area contributed by atoms with Crippen LogP contribution in [0.25, 0.3) is 0 Å². The second kappa shape index (κ2) is 12.4. The summed E-state index contributed by atoms with van der Waals surface area (Å²) in [7, 11) is 1.49. The third-order valence-electron chi connectivity index (χ3n) is 5.26. The lowest BCUT2D eigenvalue weighted by molar-refractivity contribution is -0.189. The number of anilines is 1. The van der Waals surface area contributed by atoms with Crippen LogP contribution in [-0.2, 0) is 22.4 Å². The Morgan fingerprint density at radius 3 is 2.68 bits per heavy atom. The normalized spacial score (nSPS) is 16.8. The van der Waals surface area contributed by atoms with E-state index in [9.17, 15) is 27.2 Å². The molecule has 37 heavy (non-hydrogen) atoms. The van der Waals surface area contributed by atoms with Crippen LogP contribution in [-0.4, -0.2) is 76.6 Å². The monoisotopic (exact) mass is 526 g/mol. The molecule has 3 unspecified atom stereocenters. The van der Waals surface area contributed by atoms with Crippen molar-refractivity contribution in [3.8, 4) is 5.75 Å². The quantitative estimate of drug-likeness (QED) is 0.430. The Bertz CT molecular complexity index is 1100. The van der Waals surface area contributed by atoms with Crippen molar-refractivity contribution in [2.24, 2.45) is 10.3 Å². The summed E-state index contributed by atoms with van der Waals surface area (Å²) >= 11 is 0. The van der Waals surface area contributed by atoms with E-state index in [4.69, 9.17) is 4.74 Å². The number of nitrogens with one attached hydrogen (secondary N) is 2. The van der Waals surface area contributed by atoms with Crippen LogP contribution < -0.4 is 15.4 Å². The van der Waals surface area contributed by atoms with Gasteiger partial charge in [-0.3, -0.25) is 19.6 Å². The van der Waals surface area contributed by atoms with Crippen LogP contribution in [0, 0.1) is 0 Å². The Morgan fingerprint density at radius 2 is 2.00 bits per heavy atom. The lowest BCUT2D eigenvalue weighted by Crippen LogP contribution is -2.36. The van der Waals surface area contributed by atoms with Gasteiger partial charge in [-0.1, -0.05) is 5.22 Å². The van der Waals surface area contributed by atoms with E-state index >= 15 is 0 Å². The summed E-state index contributed by atoms with van der Waals surface area (Å²) in [5.74, 6) is -0.689. The van der Waals surface area contributed by atoms with Crippen LogP contribution in [0.5, 0.6) is 5.75 Å². The van der Waals surface area contributed by atoms with Crippen molar-refractivity contribution >= 4 is 17.6 Å². The van der Waals surface area contributed by atoms with Gasteiger partial charge in [0.15, 0.2) is 18.0 Å². The number of carbonyl (C=O) groups excluding carboxylic acids is 2. The minimum absolute atomic E-state index is 0.00599. The number of alkyl halides is 4. The molecular weight excluding hydrogens is 500 g/mol. The van der Waals surface area contributed by atoms with Gasteiger partial charge >= 0.3 is 6.18 Å². The predicted molar refractivity (Wildman–Crippen MR) is 122 cm³/mol. The van der Waals surface area contributed by atoms with Crippen LogP contribution in [0.1, 0.15) is 24.7 Å². The predicted octanol–water partition coefficient (Wildman–Crippen LogP) is 2.45. The fraction of sp³-hybridized carbons (Fsp3) is 0.500. The molecule has 0 spiro atoms. The molecule has 0 aromatic carbocycles. The molecule has 1 aliphatic rings. The molecule has 1 aliphatic heterocycles. The van der Waals surface area contributed by atoms with Crippen molar-refractivity contribution in [1.29, 1.82) is 0 Å². The number of amides is 2. The number of likely N-dealkylation sites (N-methyl/N-ethyl adjacent to an activating group) is 1. The van der Waals surface area contributed by atoms with Gasteiger partial charge in [-0.05, 0) is 38.0 Å². The molecule has 2 aromatic rings. The van der Waals surface area contributed by atoms with Crippen molar-refractivity contribution in [3.63, 3.8) is 0 Å². The highest BCUT2D eigenvalue weighted by Gasteiger charge is 2.38. The van der Waals surface area contributed by atoms with Gasteiger partial charge in [0.1, 0.15) is 11.9 Å². The number of pyridine rings is 1. The molecule has 2 amide bonds. The molecule has 0 saturated carbocycles. The number of ether oxygens (including phenoxy) is 1. The van der Waals surface area contributed by atoms with Gasteiger partial charge in [-0.25, -0.2) is 4.39 Å². The van der Waals surface area contributed by atoms with Gasteiger partial charge < -0.3 is 15.4 Å². The molecular formula is C22H26F4N8O3. The third kappa shape index (κ3) is 8.61. The fourth-order valence-electron chi connectivity index (χ4n) is 3.25. The highest BCUT2D eigenvalue weighted by atomic mass is 19.4. The number of aromatic nitrogens is 3. The first-order valence-electron chi connectivity index (χ1n) is 11.4. The van der Waals surface area contributed by atoms with Gasteiger partial charge in [0.25, 0.3) is 0 Å². The number of carbonyl (C=O) groups is 2. The highest BCUT2D eigenvalue weighted by molar-refractivity contribution is 5.91. The maximum Gasteiger partial charge on any atom is 0.425 e. The Kier molecular flexibility index (Phi) is 9.25. The lowest BCUT2D eigenvalue weighted by Gasteiger charge is -2.17. The van der Waals surface area contributed by atoms with Crippen molar-refractivity contribution < 1.29 is 31.9 Å². The topological polar surface area (TPSA) is 134 Å². The molecule has 0 fully saturated rings. The van der Waals surface area contributed by atoms with Gasteiger partial charge in [0.2, 0.25) is 11.8 Å². The first-order chi connectivity index (χ1) is 17.5. The number of halogens is 4. The molecule has 11 nitrogen and oxygen atoms in total. The first-order valence-corrected chi connectivity index (χ1v) is 11.4. The van der Waals surface area contributed by atoms with Crippen molar-refractivity contribution in [1.82, 2.24) is 25.5 Å². The highest BCUT2D eigenvalue weighted by Crippen LogP contribution is 2.25. The Labute approximate surface area is 209 Å². The average molecular weight is 526 g/mol. The van der Waals surface area contributed by atoms with Gasteiger partial charge in [-0.2, -0.15) is 23.4 Å². The number of rotatable bonds is 11. The molecule has 2 aromatic heterocycles. The fourth-order valence-corrected chi connectivity index (χ4v) is 3.25. The Balaban J connectivity index is 1.42. The summed E-state index contributed by atoms with van der Waals surface area (Å²) in [6, 6.07) is 4.99. The zero-order valence-electron chi connectivity index (χ0n) is 20.1. The van der Waals surface area contributed by atoms with Gasteiger partial charge in [-0.15, -0.1) is 5.10 Å². The average Bonchev–Trinajstić information content (AvgIpc) is 3.31. The molecule has 0 bridgehead atoms. The molecule has 3 rings (SSSR count). The molecule has 0 aliphatic carbocycles. The van der Waals surface area contributed by atoms with Crippen LogP contribution >= 0.6 is 0 Å². The zero-order chi connectivity index (χ0) is 27.0. The van der Waals surface area contributed by atoms with Gasteiger partial charge in [0.05, 0.1) is 30.9 Å². The maximum absolute atomic E-state index is 14.3. The van der Waals surface area contributed by atoms with Crippen molar-refractivity contribution in [2.45, 2.75) is 50.7 Å². The largest absolute Gasteiger partial charge is 0.481 e. The van der Waals surface area contributed by atoms with E-state index in [0.29, 0.717) is 12.1 Å². The summed E-state index contributed by atoms with van der Waals surface area (Å²) in [6.07, 6.45) is -6.29. The molecule has 0 saturated heterocycles. The molecule has 3 heterocycles. The second-order valence-corrected chi connectivity index (χ2v) is 8.26. The summed E-state index contributed by atoms with van der Waals surface area (Å²) in [5.41, 5.74) is 0.722. The minimum Gasteiger partial charge on any atom is -0.481 e. The van der Waals surface area contributed by atoms with Crippen LogP contribution in [0.4, 0.5) is 23.4 Å². The number of hydrogen-bond donors (Lipinski definition) is 2. The molecule has 200 valence electrons. The smallest absolute Gasteiger partial charge is 0.425 e. The molecule has 2 N–H and O–H groups in total. The second-order valence-electron chi connectivity index (χ2n) is 8.26. The minimum atomic E-state index is -4.52.